The van der Waals surface area contributed by atoms with Crippen molar-refractivity contribution in [1.82, 2.24) is 0 Å². The van der Waals surface area contributed by atoms with E-state index in [1.807, 2.05) is 0 Å². The van der Waals surface area contributed by atoms with Gasteiger partial charge < -0.3 is 5.11 Å². The Morgan fingerprint density at radius 1 is 0.895 bits per heavy atom. The molecule has 112 valence electrons. The Labute approximate surface area is 122 Å². The van der Waals surface area contributed by atoms with Crippen LogP contribution in [0.25, 0.3) is 0 Å². The van der Waals surface area contributed by atoms with E-state index < -0.39 is 13.3 Å². The summed E-state index contributed by atoms with van der Waals surface area (Å²) >= 11 is 0. The monoisotopic (exact) mass is 282 g/mol. The third kappa shape index (κ3) is 7.80. The summed E-state index contributed by atoms with van der Waals surface area (Å²) in [5.74, 6) is 6.45. The third-order valence-electron chi connectivity index (χ3n) is 3.83. The molecule has 0 aliphatic rings. The summed E-state index contributed by atoms with van der Waals surface area (Å²) in [6, 6.07) is 0. The molecular formula is C17H34OSi. The molecule has 0 rings (SSSR count). The summed E-state index contributed by atoms with van der Waals surface area (Å²) in [7, 11) is -1.66. The van der Waals surface area contributed by atoms with Crippen LogP contribution in [0.3, 0.4) is 0 Å². The van der Waals surface area contributed by atoms with Crippen LogP contribution in [0.4, 0.5) is 0 Å². The molecular weight excluding hydrogens is 248 g/mol. The van der Waals surface area contributed by atoms with Crippen LogP contribution < -0.4 is 0 Å². The molecule has 0 spiro atoms. The van der Waals surface area contributed by atoms with Crippen LogP contribution >= 0.6 is 0 Å². The predicted molar refractivity (Wildman–Crippen MR) is 89.0 cm³/mol. The number of hydrogen-bond acceptors (Lipinski definition) is 1. The second-order valence-electron chi connectivity index (χ2n) is 6.68. The molecule has 1 nitrogen and oxygen atoms in total. The Hall–Kier alpha value is -0.263. The molecule has 0 bridgehead atoms. The molecule has 2 heteroatoms. The summed E-state index contributed by atoms with van der Waals surface area (Å²) in [6.45, 7) is 11.1. The Morgan fingerprint density at radius 2 is 1.47 bits per heavy atom. The summed E-state index contributed by atoms with van der Waals surface area (Å²) < 4.78 is 0. The molecule has 0 saturated carbocycles. The second kappa shape index (κ2) is 9.61. The number of hydrogen-bond donors (Lipinski definition) is 1. The SMILES string of the molecule is CCCCC#CC(O)(CCCCCCC)[Si](C)(C)C. The van der Waals surface area contributed by atoms with Gasteiger partial charge in [0.05, 0.1) is 8.07 Å². The summed E-state index contributed by atoms with van der Waals surface area (Å²) in [5, 5.41) is 10.2. The van der Waals surface area contributed by atoms with E-state index >= 15 is 0 Å². The van der Waals surface area contributed by atoms with Crippen molar-refractivity contribution >= 4 is 8.07 Å². The molecule has 0 fully saturated rings. The summed E-state index contributed by atoms with van der Waals surface area (Å²) in [4.78, 5) is 0. The van der Waals surface area contributed by atoms with Crippen molar-refractivity contribution in [3.63, 3.8) is 0 Å². The van der Waals surface area contributed by atoms with Crippen LogP contribution in [0, 0.1) is 11.8 Å². The number of aliphatic hydroxyl groups is 1. The van der Waals surface area contributed by atoms with E-state index in [1.165, 1.54) is 32.1 Å². The molecule has 1 atom stereocenters. The fourth-order valence-corrected chi connectivity index (χ4v) is 3.47. The molecule has 0 aromatic rings. The highest BCUT2D eigenvalue weighted by Gasteiger charge is 2.39. The zero-order valence-electron chi connectivity index (χ0n) is 13.8. The first-order chi connectivity index (χ1) is 8.87. The first-order valence-corrected chi connectivity index (χ1v) is 11.6. The highest BCUT2D eigenvalue weighted by atomic mass is 28.3. The van der Waals surface area contributed by atoms with Gasteiger partial charge in [-0.05, 0) is 19.3 Å². The minimum Gasteiger partial charge on any atom is -0.381 e. The molecule has 0 aromatic carbocycles. The van der Waals surface area contributed by atoms with Crippen LogP contribution in [-0.4, -0.2) is 18.4 Å². The van der Waals surface area contributed by atoms with E-state index in [4.69, 9.17) is 0 Å². The lowest BCUT2D eigenvalue weighted by molar-refractivity contribution is 0.161. The van der Waals surface area contributed by atoms with Crippen molar-refractivity contribution in [3.8, 4) is 11.8 Å². The molecule has 0 aliphatic heterocycles. The van der Waals surface area contributed by atoms with Crippen LogP contribution in [0.15, 0.2) is 0 Å². The minimum absolute atomic E-state index is 0.688. The van der Waals surface area contributed by atoms with Gasteiger partial charge in [-0.2, -0.15) is 0 Å². The normalized spacial score (nSPS) is 14.6. The molecule has 0 aliphatic carbocycles. The lowest BCUT2D eigenvalue weighted by Gasteiger charge is -2.34. The topological polar surface area (TPSA) is 20.2 Å². The van der Waals surface area contributed by atoms with Crippen molar-refractivity contribution in [1.29, 1.82) is 0 Å². The Kier molecular flexibility index (Phi) is 9.48. The Balaban J connectivity index is 4.39. The molecule has 1 unspecified atom stereocenters. The van der Waals surface area contributed by atoms with Crippen molar-refractivity contribution in [2.45, 2.75) is 96.5 Å². The van der Waals surface area contributed by atoms with Crippen molar-refractivity contribution in [2.75, 3.05) is 0 Å². The van der Waals surface area contributed by atoms with Gasteiger partial charge in [0.2, 0.25) is 0 Å². The Bertz CT molecular complexity index is 282. The van der Waals surface area contributed by atoms with Crippen LogP contribution in [0.5, 0.6) is 0 Å². The summed E-state index contributed by atoms with van der Waals surface area (Å²) in [6.07, 6.45) is 10.3. The smallest absolute Gasteiger partial charge is 0.112 e. The maximum Gasteiger partial charge on any atom is 0.112 e. The van der Waals surface area contributed by atoms with Gasteiger partial charge in [-0.1, -0.05) is 71.5 Å². The van der Waals surface area contributed by atoms with Crippen LogP contribution in [0.1, 0.15) is 71.6 Å². The molecule has 1 N–H and O–H groups in total. The van der Waals surface area contributed by atoms with Crippen LogP contribution in [-0.2, 0) is 0 Å². The van der Waals surface area contributed by atoms with Gasteiger partial charge in [0.25, 0.3) is 0 Å². The highest BCUT2D eigenvalue weighted by Crippen LogP contribution is 2.26. The zero-order valence-corrected chi connectivity index (χ0v) is 14.8. The van der Waals surface area contributed by atoms with E-state index in [9.17, 15) is 5.11 Å². The lowest BCUT2D eigenvalue weighted by Crippen LogP contribution is -2.51. The quantitative estimate of drug-likeness (QED) is 0.352. The van der Waals surface area contributed by atoms with Crippen molar-refractivity contribution in [3.05, 3.63) is 0 Å². The van der Waals surface area contributed by atoms with Gasteiger partial charge in [0.1, 0.15) is 5.22 Å². The molecule has 0 radical (unpaired) electrons. The molecule has 0 amide bonds. The van der Waals surface area contributed by atoms with E-state index in [-0.39, 0.29) is 0 Å². The van der Waals surface area contributed by atoms with E-state index in [2.05, 4.69) is 45.3 Å². The van der Waals surface area contributed by atoms with Crippen molar-refractivity contribution < 1.29 is 5.11 Å². The van der Waals surface area contributed by atoms with Gasteiger partial charge in [0, 0.05) is 6.42 Å². The third-order valence-corrected chi connectivity index (χ3v) is 6.69. The molecule has 19 heavy (non-hydrogen) atoms. The van der Waals surface area contributed by atoms with Gasteiger partial charge in [-0.3, -0.25) is 0 Å². The molecule has 0 saturated heterocycles. The zero-order chi connectivity index (χ0) is 14.8. The van der Waals surface area contributed by atoms with Crippen molar-refractivity contribution in [2.24, 2.45) is 0 Å². The Morgan fingerprint density at radius 3 is 2.00 bits per heavy atom. The minimum atomic E-state index is -1.66. The van der Waals surface area contributed by atoms with E-state index in [0.29, 0.717) is 0 Å². The van der Waals surface area contributed by atoms with Gasteiger partial charge in [0.15, 0.2) is 0 Å². The standard InChI is InChI=1S/C17H34OSi/c1-6-8-10-12-14-16-17(18,19(3,4)5)15-13-11-9-7-2/h18H,6-12,14,16H2,1-5H3. The highest BCUT2D eigenvalue weighted by molar-refractivity contribution is 6.79. The first-order valence-electron chi connectivity index (χ1n) is 8.09. The maximum absolute atomic E-state index is 10.9. The first kappa shape index (κ1) is 18.7. The van der Waals surface area contributed by atoms with Gasteiger partial charge in [-0.25, -0.2) is 0 Å². The molecule has 0 aromatic heterocycles. The predicted octanol–water partition coefficient (Wildman–Crippen LogP) is 5.15. The molecule has 0 heterocycles. The second-order valence-corrected chi connectivity index (χ2v) is 12.0. The van der Waals surface area contributed by atoms with E-state index in [1.54, 1.807) is 0 Å². The van der Waals surface area contributed by atoms with E-state index in [0.717, 1.165) is 25.7 Å². The fourth-order valence-electron chi connectivity index (χ4n) is 2.08. The fraction of sp³-hybridized carbons (Fsp3) is 0.882. The van der Waals surface area contributed by atoms with Gasteiger partial charge in [-0.15, -0.1) is 5.92 Å². The lowest BCUT2D eigenvalue weighted by atomic mass is 10.1. The maximum atomic E-state index is 10.9. The van der Waals surface area contributed by atoms with Gasteiger partial charge >= 0.3 is 0 Å². The van der Waals surface area contributed by atoms with Crippen LogP contribution in [0.2, 0.25) is 19.6 Å². The average Bonchev–Trinajstić information content (AvgIpc) is 2.33. The summed E-state index contributed by atoms with van der Waals surface area (Å²) in [5.41, 5.74) is 0. The average molecular weight is 283 g/mol. The number of unbranched alkanes of at least 4 members (excludes halogenated alkanes) is 6. The largest absolute Gasteiger partial charge is 0.381 e. The number of rotatable bonds is 9.